The Hall–Kier alpha value is -1.85. The maximum atomic E-state index is 10.9. The second-order valence-electron chi connectivity index (χ2n) is 2.34. The Morgan fingerprint density at radius 2 is 2.46 bits per heavy atom. The number of carbonyl (C=O) groups excluding carboxylic acids is 1. The van der Waals surface area contributed by atoms with Crippen LogP contribution >= 0.6 is 0 Å². The minimum atomic E-state index is -0.591. The van der Waals surface area contributed by atoms with Crippen LogP contribution in [0.5, 0.6) is 0 Å². The molecule has 6 heteroatoms. The minimum absolute atomic E-state index is 0.160. The Bertz CT molecular complexity index is 295. The first-order valence-corrected chi connectivity index (χ1v) is 3.53. The number of methoxy groups -OCH3 is 1. The van der Waals surface area contributed by atoms with E-state index in [4.69, 9.17) is 0 Å². The quantitative estimate of drug-likeness (QED) is 0.346. The maximum absolute atomic E-state index is 10.9. The number of hydrogen-bond donors (Lipinski definition) is 0. The average molecular weight is 184 g/mol. The van der Waals surface area contributed by atoms with E-state index in [2.05, 4.69) is 4.74 Å². The predicted molar refractivity (Wildman–Crippen MR) is 42.9 cm³/mol. The summed E-state index contributed by atoms with van der Waals surface area (Å²) in [5.41, 5.74) is 0.172. The van der Waals surface area contributed by atoms with Gasteiger partial charge in [0.2, 0.25) is 0 Å². The molecular weight excluding hydrogens is 176 g/mol. The lowest BCUT2D eigenvalue weighted by Gasteiger charge is -2.11. The van der Waals surface area contributed by atoms with Gasteiger partial charge in [-0.25, -0.2) is 14.9 Å². The van der Waals surface area contributed by atoms with Crippen LogP contribution in [0.25, 0.3) is 0 Å². The molecule has 0 aliphatic carbocycles. The van der Waals surface area contributed by atoms with Crippen LogP contribution in [0.1, 0.15) is 0 Å². The van der Waals surface area contributed by atoms with Gasteiger partial charge < -0.3 is 4.74 Å². The number of nitro groups is 1. The summed E-state index contributed by atoms with van der Waals surface area (Å²) in [7, 11) is 1.22. The third-order valence-corrected chi connectivity index (χ3v) is 1.51. The number of hydrazine groups is 1. The van der Waals surface area contributed by atoms with Crippen LogP contribution in [0.4, 0.5) is 0 Å². The molecule has 1 rings (SSSR count). The van der Waals surface area contributed by atoms with Gasteiger partial charge in [0, 0.05) is 0 Å². The molecule has 0 spiro atoms. The summed E-state index contributed by atoms with van der Waals surface area (Å²) >= 11 is 0. The van der Waals surface area contributed by atoms with E-state index in [-0.39, 0.29) is 12.1 Å². The van der Waals surface area contributed by atoms with E-state index in [0.29, 0.717) is 0 Å². The molecule has 0 atom stereocenters. The first-order valence-electron chi connectivity index (χ1n) is 3.53. The molecule has 0 aromatic rings. The zero-order valence-corrected chi connectivity index (χ0v) is 6.97. The molecular formula is C7H8N2O4. The number of rotatable bonds is 2. The van der Waals surface area contributed by atoms with E-state index < -0.39 is 11.0 Å². The van der Waals surface area contributed by atoms with Crippen LogP contribution in [-0.4, -0.2) is 29.7 Å². The summed E-state index contributed by atoms with van der Waals surface area (Å²) in [5, 5.41) is 10.5. The molecule has 0 saturated heterocycles. The molecule has 0 saturated carbocycles. The van der Waals surface area contributed by atoms with Crippen molar-refractivity contribution in [3.05, 3.63) is 34.0 Å². The van der Waals surface area contributed by atoms with Crippen molar-refractivity contribution in [2.75, 3.05) is 13.7 Å². The van der Waals surface area contributed by atoms with Crippen LogP contribution in [0, 0.1) is 10.1 Å². The molecule has 13 heavy (non-hydrogen) atoms. The zero-order valence-electron chi connectivity index (χ0n) is 6.97. The Labute approximate surface area is 74.2 Å². The number of hydrogen-bond acceptors (Lipinski definition) is 4. The number of ether oxygens (including phenoxy) is 1. The third-order valence-electron chi connectivity index (χ3n) is 1.51. The lowest BCUT2D eigenvalue weighted by molar-refractivity contribution is -0.637. The predicted octanol–water partition coefficient (Wildman–Crippen LogP) is 0.107. The average Bonchev–Trinajstić information content (AvgIpc) is 2.17. The molecule has 0 bridgehead atoms. The van der Waals surface area contributed by atoms with Crippen molar-refractivity contribution in [3.8, 4) is 0 Å². The second-order valence-corrected chi connectivity index (χ2v) is 2.34. The first-order chi connectivity index (χ1) is 6.15. The van der Waals surface area contributed by atoms with Crippen molar-refractivity contribution in [2.24, 2.45) is 0 Å². The van der Waals surface area contributed by atoms with Crippen molar-refractivity contribution in [2.45, 2.75) is 0 Å². The highest BCUT2D eigenvalue weighted by Crippen LogP contribution is 2.08. The largest absolute Gasteiger partial charge is 0.465 e. The highest BCUT2D eigenvalue weighted by Gasteiger charge is 2.17. The fraction of sp³-hybridized carbons (Fsp3) is 0.286. The summed E-state index contributed by atoms with van der Waals surface area (Å²) in [4.78, 5) is 21.3. The molecule has 0 aromatic heterocycles. The van der Waals surface area contributed by atoms with E-state index in [0.717, 1.165) is 11.2 Å². The molecule has 0 aromatic carbocycles. The highest BCUT2D eigenvalue weighted by molar-refractivity contribution is 5.91. The van der Waals surface area contributed by atoms with Gasteiger partial charge in [-0.3, -0.25) is 0 Å². The van der Waals surface area contributed by atoms with Gasteiger partial charge in [-0.15, -0.1) is 0 Å². The topological polar surface area (TPSA) is 72.7 Å². The Balaban J connectivity index is 2.80. The van der Waals surface area contributed by atoms with Crippen LogP contribution in [-0.2, 0) is 9.53 Å². The first kappa shape index (κ1) is 9.24. The Morgan fingerprint density at radius 3 is 3.00 bits per heavy atom. The van der Waals surface area contributed by atoms with Crippen LogP contribution < -0.4 is 0 Å². The molecule has 0 fully saturated rings. The second kappa shape index (κ2) is 3.70. The number of nitrogens with zero attached hydrogens (tertiary/aromatic N) is 2. The van der Waals surface area contributed by atoms with Crippen LogP contribution in [0.15, 0.2) is 23.9 Å². The van der Waals surface area contributed by atoms with Crippen LogP contribution in [0.3, 0.4) is 0 Å². The van der Waals surface area contributed by atoms with E-state index >= 15 is 0 Å². The minimum Gasteiger partial charge on any atom is -0.465 e. The lowest BCUT2D eigenvalue weighted by atomic mass is 10.2. The van der Waals surface area contributed by atoms with Gasteiger partial charge in [-0.2, -0.15) is 0 Å². The lowest BCUT2D eigenvalue weighted by Crippen LogP contribution is -2.27. The Kier molecular flexibility index (Phi) is 2.63. The SMILES string of the molecule is COC(=O)C1=CN([N+](=O)[O-])CC=C1. The highest BCUT2D eigenvalue weighted by atomic mass is 16.7. The van der Waals surface area contributed by atoms with E-state index in [1.165, 1.54) is 19.3 Å². The molecule has 0 N–H and O–H groups in total. The fourth-order valence-electron chi connectivity index (χ4n) is 0.896. The van der Waals surface area contributed by atoms with Crippen molar-refractivity contribution in [1.82, 2.24) is 5.01 Å². The summed E-state index contributed by atoms with van der Waals surface area (Å²) in [6.07, 6.45) is 4.16. The van der Waals surface area contributed by atoms with E-state index in [1.807, 2.05) is 0 Å². The third kappa shape index (κ3) is 2.05. The molecule has 1 heterocycles. The van der Waals surface area contributed by atoms with Gasteiger partial charge >= 0.3 is 5.97 Å². The number of carbonyl (C=O) groups is 1. The van der Waals surface area contributed by atoms with Gasteiger partial charge in [0.25, 0.3) is 0 Å². The maximum Gasteiger partial charge on any atom is 0.339 e. The van der Waals surface area contributed by atoms with E-state index in [1.54, 1.807) is 0 Å². The summed E-state index contributed by atoms with van der Waals surface area (Å²) in [5.74, 6) is -0.581. The Morgan fingerprint density at radius 1 is 1.77 bits per heavy atom. The number of esters is 1. The summed E-state index contributed by atoms with van der Waals surface area (Å²) in [6, 6.07) is 0. The van der Waals surface area contributed by atoms with Gasteiger partial charge in [0.15, 0.2) is 5.03 Å². The van der Waals surface area contributed by atoms with Crippen molar-refractivity contribution in [1.29, 1.82) is 0 Å². The van der Waals surface area contributed by atoms with Crippen molar-refractivity contribution >= 4 is 5.97 Å². The molecule has 6 nitrogen and oxygen atoms in total. The molecule has 1 aliphatic rings. The van der Waals surface area contributed by atoms with Gasteiger partial charge in [0.05, 0.1) is 18.9 Å². The zero-order chi connectivity index (χ0) is 9.84. The van der Waals surface area contributed by atoms with Gasteiger partial charge in [0.1, 0.15) is 6.54 Å². The van der Waals surface area contributed by atoms with Gasteiger partial charge in [-0.05, 0) is 6.08 Å². The van der Waals surface area contributed by atoms with Crippen molar-refractivity contribution < 1.29 is 14.6 Å². The summed E-state index contributed by atoms with van der Waals surface area (Å²) in [6.45, 7) is 0.160. The standard InChI is InChI=1S/C7H8N2O4/c1-13-7(10)6-3-2-4-8(5-6)9(11)12/h2-3,5H,4H2,1H3. The normalized spacial score (nSPS) is 15.2. The molecule has 0 radical (unpaired) electrons. The summed E-state index contributed by atoms with van der Waals surface area (Å²) < 4.78 is 4.41. The molecule has 0 amide bonds. The van der Waals surface area contributed by atoms with Crippen molar-refractivity contribution in [3.63, 3.8) is 0 Å². The molecule has 1 aliphatic heterocycles. The van der Waals surface area contributed by atoms with Gasteiger partial charge in [-0.1, -0.05) is 11.1 Å². The monoisotopic (exact) mass is 184 g/mol. The van der Waals surface area contributed by atoms with Crippen LogP contribution in [0.2, 0.25) is 0 Å². The fourth-order valence-corrected chi connectivity index (χ4v) is 0.896. The molecule has 0 unspecified atom stereocenters. The van der Waals surface area contributed by atoms with E-state index in [9.17, 15) is 14.9 Å². The smallest absolute Gasteiger partial charge is 0.339 e. The molecule has 70 valence electrons.